The number of benzene rings is 2. The third-order valence-corrected chi connectivity index (χ3v) is 6.43. The van der Waals surface area contributed by atoms with Crippen molar-refractivity contribution in [2.24, 2.45) is 17.8 Å². The van der Waals surface area contributed by atoms with Crippen molar-refractivity contribution >= 4 is 29.1 Å². The first kappa shape index (κ1) is 19.4. The highest BCUT2D eigenvalue weighted by atomic mass is 16.2. The fraction of sp³-hybridized carbons (Fsp3) is 0.375. The molecule has 29 heavy (non-hydrogen) atoms. The maximum absolute atomic E-state index is 13.1. The molecular weight excluding hydrogens is 364 g/mol. The molecule has 2 aromatic carbocycles. The number of nitrogens with zero attached hydrogens (tertiary/aromatic N) is 1. The van der Waals surface area contributed by atoms with Gasteiger partial charge in [0.1, 0.15) is 0 Å². The molecule has 3 atom stereocenters. The summed E-state index contributed by atoms with van der Waals surface area (Å²) in [4.78, 5) is 40.5. The van der Waals surface area contributed by atoms with Crippen LogP contribution in [-0.2, 0) is 9.59 Å². The Morgan fingerprint density at radius 3 is 2.48 bits per heavy atom. The summed E-state index contributed by atoms with van der Waals surface area (Å²) in [6, 6.07) is 12.6. The smallest absolute Gasteiger partial charge is 0.257 e. The largest absolute Gasteiger partial charge is 0.322 e. The van der Waals surface area contributed by atoms with Crippen LogP contribution in [0.1, 0.15) is 47.7 Å². The zero-order chi connectivity index (χ0) is 20.7. The lowest BCUT2D eigenvalue weighted by Crippen LogP contribution is -2.33. The van der Waals surface area contributed by atoms with Gasteiger partial charge in [0.25, 0.3) is 5.91 Å². The maximum atomic E-state index is 13.1. The van der Waals surface area contributed by atoms with Crippen molar-refractivity contribution in [3.63, 3.8) is 0 Å². The Morgan fingerprint density at radius 2 is 1.69 bits per heavy atom. The number of amides is 3. The molecule has 2 aromatic rings. The third-order valence-electron chi connectivity index (χ3n) is 6.43. The van der Waals surface area contributed by atoms with Crippen LogP contribution >= 0.6 is 0 Å². The van der Waals surface area contributed by atoms with Crippen molar-refractivity contribution in [1.29, 1.82) is 0 Å². The summed E-state index contributed by atoms with van der Waals surface area (Å²) in [5, 5.41) is 2.94. The average Bonchev–Trinajstić information content (AvgIpc) is 2.95. The van der Waals surface area contributed by atoms with Gasteiger partial charge in [-0.15, -0.1) is 0 Å². The lowest BCUT2D eigenvalue weighted by Gasteiger charge is -2.25. The second kappa shape index (κ2) is 7.47. The van der Waals surface area contributed by atoms with Gasteiger partial charge in [-0.3, -0.25) is 14.4 Å². The number of carbonyl (C=O) groups excluding carboxylic acids is 3. The summed E-state index contributed by atoms with van der Waals surface area (Å²) in [6.07, 6.45) is 2.44. The van der Waals surface area contributed by atoms with Crippen LogP contribution in [0.2, 0.25) is 0 Å². The fourth-order valence-corrected chi connectivity index (χ4v) is 4.56. The first-order chi connectivity index (χ1) is 13.9. The van der Waals surface area contributed by atoms with Crippen molar-refractivity contribution in [2.75, 3.05) is 10.2 Å². The molecule has 0 aromatic heterocycles. The van der Waals surface area contributed by atoms with Gasteiger partial charge >= 0.3 is 0 Å². The van der Waals surface area contributed by atoms with Gasteiger partial charge in [0, 0.05) is 5.69 Å². The molecule has 2 fully saturated rings. The zero-order valence-electron chi connectivity index (χ0n) is 17.1. The van der Waals surface area contributed by atoms with Gasteiger partial charge in [0.05, 0.1) is 23.1 Å². The summed E-state index contributed by atoms with van der Waals surface area (Å²) < 4.78 is 0. The number of hydrogen-bond donors (Lipinski definition) is 1. The van der Waals surface area contributed by atoms with Crippen LogP contribution in [-0.4, -0.2) is 17.7 Å². The number of carbonyl (C=O) groups is 3. The number of fused-ring (bicyclic) bond motifs is 1. The van der Waals surface area contributed by atoms with Crippen molar-refractivity contribution in [1.82, 2.24) is 0 Å². The first-order valence-corrected chi connectivity index (χ1v) is 10.2. The fourth-order valence-electron chi connectivity index (χ4n) is 4.56. The van der Waals surface area contributed by atoms with E-state index in [0.29, 0.717) is 17.2 Å². The highest BCUT2D eigenvalue weighted by Crippen LogP contribution is 2.42. The highest BCUT2D eigenvalue weighted by molar-refractivity contribution is 6.24. The molecule has 150 valence electrons. The minimum Gasteiger partial charge on any atom is -0.322 e. The minimum atomic E-state index is -0.321. The topological polar surface area (TPSA) is 66.5 Å². The molecule has 0 radical (unpaired) electrons. The van der Waals surface area contributed by atoms with E-state index in [1.807, 2.05) is 32.0 Å². The Labute approximate surface area is 171 Å². The van der Waals surface area contributed by atoms with E-state index in [1.165, 1.54) is 4.90 Å². The molecule has 0 bridgehead atoms. The Balaban J connectivity index is 1.67. The molecule has 5 heteroatoms. The van der Waals surface area contributed by atoms with Crippen LogP contribution in [0, 0.1) is 31.6 Å². The van der Waals surface area contributed by atoms with Crippen LogP contribution in [0.15, 0.2) is 42.5 Å². The van der Waals surface area contributed by atoms with E-state index in [9.17, 15) is 14.4 Å². The van der Waals surface area contributed by atoms with Crippen LogP contribution in [0.5, 0.6) is 0 Å². The van der Waals surface area contributed by atoms with E-state index in [-0.39, 0.29) is 29.6 Å². The molecular formula is C24H26N2O3. The number of hydrogen-bond acceptors (Lipinski definition) is 3. The number of imide groups is 1. The quantitative estimate of drug-likeness (QED) is 0.786. The van der Waals surface area contributed by atoms with Gasteiger partial charge in [-0.1, -0.05) is 31.2 Å². The summed E-state index contributed by atoms with van der Waals surface area (Å²) in [7, 11) is 0. The molecule has 1 saturated carbocycles. The van der Waals surface area contributed by atoms with Crippen molar-refractivity contribution in [3.05, 3.63) is 59.2 Å². The molecule has 2 aliphatic rings. The Morgan fingerprint density at radius 1 is 0.966 bits per heavy atom. The second-order valence-corrected chi connectivity index (χ2v) is 8.36. The highest BCUT2D eigenvalue weighted by Gasteiger charge is 2.50. The number of aryl methyl sites for hydroxylation is 1. The molecule has 4 rings (SSSR count). The van der Waals surface area contributed by atoms with E-state index < -0.39 is 0 Å². The maximum Gasteiger partial charge on any atom is 0.257 e. The molecule has 1 heterocycles. The van der Waals surface area contributed by atoms with Gasteiger partial charge in [-0.05, 0) is 68.4 Å². The Hall–Kier alpha value is -2.95. The number of rotatable bonds is 3. The first-order valence-electron chi connectivity index (χ1n) is 10.2. The zero-order valence-corrected chi connectivity index (χ0v) is 17.1. The average molecular weight is 390 g/mol. The minimum absolute atomic E-state index is 0.168. The molecule has 0 unspecified atom stereocenters. The molecule has 3 amide bonds. The molecule has 1 aliphatic heterocycles. The predicted molar refractivity (Wildman–Crippen MR) is 113 cm³/mol. The van der Waals surface area contributed by atoms with Crippen molar-refractivity contribution in [3.8, 4) is 0 Å². The van der Waals surface area contributed by atoms with Crippen LogP contribution in [0.25, 0.3) is 0 Å². The van der Waals surface area contributed by atoms with Gasteiger partial charge in [-0.2, -0.15) is 0 Å². The van der Waals surface area contributed by atoms with E-state index >= 15 is 0 Å². The monoisotopic (exact) mass is 390 g/mol. The molecule has 1 N–H and O–H groups in total. The molecule has 0 spiro atoms. The van der Waals surface area contributed by atoms with Crippen LogP contribution < -0.4 is 10.2 Å². The van der Waals surface area contributed by atoms with Crippen molar-refractivity contribution < 1.29 is 14.4 Å². The molecule has 1 saturated heterocycles. The SMILES string of the molecule is Cc1cccc(NC(=O)c2ccccc2N2C(=O)[C@@H]3CC[C@H](C)C[C@H]3C2=O)c1C. The number of nitrogens with one attached hydrogen (secondary N) is 1. The Kier molecular flexibility index (Phi) is 4.99. The van der Waals surface area contributed by atoms with Gasteiger partial charge in [0.2, 0.25) is 11.8 Å². The lowest BCUT2D eigenvalue weighted by atomic mass is 9.76. The van der Waals surface area contributed by atoms with Crippen LogP contribution in [0.4, 0.5) is 11.4 Å². The molecule has 5 nitrogen and oxygen atoms in total. The Bertz CT molecular complexity index is 997. The van der Waals surface area contributed by atoms with E-state index in [0.717, 1.165) is 36.1 Å². The summed E-state index contributed by atoms with van der Waals surface area (Å²) in [6.45, 7) is 6.07. The normalized spacial score (nSPS) is 23.8. The lowest BCUT2D eigenvalue weighted by molar-refractivity contribution is -0.122. The summed E-state index contributed by atoms with van der Waals surface area (Å²) >= 11 is 0. The van der Waals surface area contributed by atoms with Crippen molar-refractivity contribution in [2.45, 2.75) is 40.0 Å². The predicted octanol–water partition coefficient (Wildman–Crippen LogP) is 4.48. The van der Waals surface area contributed by atoms with Gasteiger partial charge < -0.3 is 5.32 Å². The van der Waals surface area contributed by atoms with Crippen LogP contribution in [0.3, 0.4) is 0 Å². The second-order valence-electron chi connectivity index (χ2n) is 8.36. The van der Waals surface area contributed by atoms with Gasteiger partial charge in [-0.25, -0.2) is 4.90 Å². The van der Waals surface area contributed by atoms with E-state index in [2.05, 4.69) is 12.2 Å². The summed E-state index contributed by atoms with van der Waals surface area (Å²) in [5.41, 5.74) is 3.52. The van der Waals surface area contributed by atoms with E-state index in [1.54, 1.807) is 24.3 Å². The van der Waals surface area contributed by atoms with Gasteiger partial charge in [0.15, 0.2) is 0 Å². The molecule has 1 aliphatic carbocycles. The number of para-hydroxylation sites is 1. The third kappa shape index (κ3) is 3.35. The summed E-state index contributed by atoms with van der Waals surface area (Å²) in [5.74, 6) is -0.735. The standard InChI is InChI=1S/C24H26N2O3/c1-14-11-12-17-19(13-14)24(29)26(23(17)28)21-10-5-4-8-18(21)22(27)25-20-9-6-7-15(2)16(20)3/h4-10,14,17,19H,11-13H2,1-3H3,(H,25,27)/t14-,17+,19+/m0/s1. The number of anilines is 2. The van der Waals surface area contributed by atoms with E-state index in [4.69, 9.17) is 0 Å².